The largest absolute Gasteiger partial charge is 0.573 e. The highest BCUT2D eigenvalue weighted by molar-refractivity contribution is 5.79. The van der Waals surface area contributed by atoms with Gasteiger partial charge in [0.2, 0.25) is 0 Å². The van der Waals surface area contributed by atoms with E-state index in [1.807, 2.05) is 42.1 Å². The van der Waals surface area contributed by atoms with Gasteiger partial charge in [0.15, 0.2) is 0 Å². The van der Waals surface area contributed by atoms with E-state index >= 15 is 0 Å². The lowest BCUT2D eigenvalue weighted by molar-refractivity contribution is -0.274. The van der Waals surface area contributed by atoms with Crippen LogP contribution in [0.4, 0.5) is 13.2 Å². The SMILES string of the molecule is Cc1cc(OC(F)(F)F)ccc1Cn1c(C2CCCCC2C(=O)O)nc2ccc(OCc3ccn(C)n3)cc21. The molecule has 39 heavy (non-hydrogen) atoms. The third-order valence-electron chi connectivity index (χ3n) is 7.20. The summed E-state index contributed by atoms with van der Waals surface area (Å²) in [6.45, 7) is 2.30. The van der Waals surface area contributed by atoms with Gasteiger partial charge in [-0.3, -0.25) is 9.48 Å². The minimum absolute atomic E-state index is 0.275. The predicted octanol–water partition coefficient (Wildman–Crippen LogP) is 5.96. The van der Waals surface area contributed by atoms with E-state index in [1.165, 1.54) is 12.1 Å². The maximum Gasteiger partial charge on any atom is 0.573 e. The monoisotopic (exact) mass is 542 g/mol. The molecule has 0 spiro atoms. The van der Waals surface area contributed by atoms with E-state index < -0.39 is 18.2 Å². The number of rotatable bonds is 8. The lowest BCUT2D eigenvalue weighted by atomic mass is 9.78. The number of alkyl halides is 3. The van der Waals surface area contributed by atoms with Crippen LogP contribution in [0, 0.1) is 12.8 Å². The average molecular weight is 543 g/mol. The Balaban J connectivity index is 1.53. The molecule has 1 N–H and O–H groups in total. The Morgan fingerprint density at radius 1 is 1.10 bits per heavy atom. The fraction of sp³-hybridized carbons (Fsp3) is 0.393. The molecule has 1 aliphatic rings. The average Bonchev–Trinajstić information content (AvgIpc) is 3.46. The van der Waals surface area contributed by atoms with Crippen molar-refractivity contribution in [2.45, 2.75) is 58.0 Å². The molecule has 2 atom stereocenters. The topological polar surface area (TPSA) is 91.4 Å². The molecule has 5 rings (SSSR count). The molecule has 0 bridgehead atoms. The zero-order valence-electron chi connectivity index (χ0n) is 21.6. The molecule has 206 valence electrons. The van der Waals surface area contributed by atoms with E-state index in [1.54, 1.807) is 17.7 Å². The standard InChI is InChI=1S/C28H29F3N4O4/c1-17-13-21(39-28(29,30)31)8-7-18(17)15-35-25-14-20(38-16-19-11-12-34(2)33-19)9-10-24(25)32-26(35)22-5-3-4-6-23(22)27(36)37/h7-14,22-23H,3-6,15-16H2,1-2H3,(H,36,37). The Morgan fingerprint density at radius 3 is 2.56 bits per heavy atom. The van der Waals surface area contributed by atoms with Gasteiger partial charge in [0, 0.05) is 31.8 Å². The van der Waals surface area contributed by atoms with Crippen LogP contribution < -0.4 is 9.47 Å². The first-order chi connectivity index (χ1) is 18.6. The van der Waals surface area contributed by atoms with Crippen LogP contribution in [-0.2, 0) is 25.0 Å². The summed E-state index contributed by atoms with van der Waals surface area (Å²) >= 11 is 0. The Kier molecular flexibility index (Phi) is 7.24. The molecule has 4 aromatic rings. The number of nitrogens with zero attached hydrogens (tertiary/aromatic N) is 4. The molecule has 1 fully saturated rings. The van der Waals surface area contributed by atoms with Crippen LogP contribution in [0.25, 0.3) is 11.0 Å². The summed E-state index contributed by atoms with van der Waals surface area (Å²) in [7, 11) is 1.83. The van der Waals surface area contributed by atoms with Gasteiger partial charge in [0.1, 0.15) is 23.9 Å². The molecule has 11 heteroatoms. The minimum atomic E-state index is -4.78. The normalized spacial score (nSPS) is 17.9. The van der Waals surface area contributed by atoms with Crippen LogP contribution in [0.5, 0.6) is 11.5 Å². The second-order valence-corrected chi connectivity index (χ2v) is 9.95. The maximum absolute atomic E-state index is 12.7. The molecular weight excluding hydrogens is 513 g/mol. The number of aryl methyl sites for hydroxylation is 2. The number of fused-ring (bicyclic) bond motifs is 1. The molecule has 0 radical (unpaired) electrons. The number of aromatic nitrogens is 4. The van der Waals surface area contributed by atoms with Gasteiger partial charge in [0.05, 0.1) is 22.6 Å². The van der Waals surface area contributed by atoms with Crippen molar-refractivity contribution in [2.24, 2.45) is 13.0 Å². The van der Waals surface area contributed by atoms with Crippen molar-refractivity contribution in [1.29, 1.82) is 0 Å². The van der Waals surface area contributed by atoms with Gasteiger partial charge in [0.25, 0.3) is 0 Å². The molecular formula is C28H29F3N4O4. The van der Waals surface area contributed by atoms with Gasteiger partial charge in [-0.05, 0) is 61.2 Å². The van der Waals surface area contributed by atoms with Crippen LogP contribution in [-0.4, -0.2) is 36.8 Å². The predicted molar refractivity (Wildman–Crippen MR) is 137 cm³/mol. The summed E-state index contributed by atoms with van der Waals surface area (Å²) in [6.07, 6.45) is 0.0716. The highest BCUT2D eigenvalue weighted by Crippen LogP contribution is 2.40. The van der Waals surface area contributed by atoms with Crippen LogP contribution in [0.15, 0.2) is 48.7 Å². The highest BCUT2D eigenvalue weighted by Gasteiger charge is 2.35. The summed E-state index contributed by atoms with van der Waals surface area (Å²) in [5.74, 6) is -0.711. The van der Waals surface area contributed by atoms with Gasteiger partial charge in [-0.1, -0.05) is 18.9 Å². The second-order valence-electron chi connectivity index (χ2n) is 9.95. The number of benzene rings is 2. The van der Waals surface area contributed by atoms with E-state index in [0.29, 0.717) is 42.0 Å². The molecule has 2 aromatic heterocycles. The molecule has 0 saturated heterocycles. The molecule has 8 nitrogen and oxygen atoms in total. The summed E-state index contributed by atoms with van der Waals surface area (Å²) in [5.41, 5.74) is 3.61. The van der Waals surface area contributed by atoms with Crippen molar-refractivity contribution in [3.8, 4) is 11.5 Å². The van der Waals surface area contributed by atoms with Crippen molar-refractivity contribution >= 4 is 17.0 Å². The Hall–Kier alpha value is -4.02. The molecule has 2 heterocycles. The summed E-state index contributed by atoms with van der Waals surface area (Å²) < 4.78 is 51.9. The molecule has 0 aliphatic heterocycles. The molecule has 2 unspecified atom stereocenters. The number of carboxylic acids is 1. The first kappa shape index (κ1) is 26.6. The number of aliphatic carboxylic acids is 1. The van der Waals surface area contributed by atoms with E-state index in [-0.39, 0.29) is 18.3 Å². The molecule has 1 saturated carbocycles. The lowest BCUT2D eigenvalue weighted by Gasteiger charge is -2.28. The third kappa shape index (κ3) is 6.02. The first-order valence-corrected chi connectivity index (χ1v) is 12.8. The van der Waals surface area contributed by atoms with Crippen LogP contribution in [0.3, 0.4) is 0 Å². The van der Waals surface area contributed by atoms with Gasteiger partial charge in [-0.15, -0.1) is 13.2 Å². The van der Waals surface area contributed by atoms with Crippen molar-refractivity contribution < 1.29 is 32.5 Å². The smallest absolute Gasteiger partial charge is 0.487 e. The van der Waals surface area contributed by atoms with E-state index in [4.69, 9.17) is 9.72 Å². The fourth-order valence-corrected chi connectivity index (χ4v) is 5.31. The molecule has 2 aromatic carbocycles. The Morgan fingerprint density at radius 2 is 1.87 bits per heavy atom. The first-order valence-electron chi connectivity index (χ1n) is 12.8. The van der Waals surface area contributed by atoms with E-state index in [9.17, 15) is 23.1 Å². The highest BCUT2D eigenvalue weighted by atomic mass is 19.4. The van der Waals surface area contributed by atoms with Gasteiger partial charge in [-0.25, -0.2) is 4.98 Å². The summed E-state index contributed by atoms with van der Waals surface area (Å²) in [4.78, 5) is 17.0. The zero-order chi connectivity index (χ0) is 27.7. The summed E-state index contributed by atoms with van der Waals surface area (Å²) in [5, 5.41) is 14.3. The van der Waals surface area contributed by atoms with Gasteiger partial charge < -0.3 is 19.1 Å². The van der Waals surface area contributed by atoms with E-state index in [2.05, 4.69) is 9.84 Å². The van der Waals surface area contributed by atoms with Gasteiger partial charge in [-0.2, -0.15) is 5.10 Å². The number of halogens is 3. The fourth-order valence-electron chi connectivity index (χ4n) is 5.31. The Bertz CT molecular complexity index is 1490. The molecule has 1 aliphatic carbocycles. The number of imidazole rings is 1. The van der Waals surface area contributed by atoms with E-state index in [0.717, 1.165) is 29.6 Å². The second kappa shape index (κ2) is 10.6. The Labute approximate surface area is 223 Å². The quantitative estimate of drug-likeness (QED) is 0.295. The summed E-state index contributed by atoms with van der Waals surface area (Å²) in [6, 6.07) is 11.6. The van der Waals surface area contributed by atoms with Crippen molar-refractivity contribution in [1.82, 2.24) is 19.3 Å². The maximum atomic E-state index is 12.7. The van der Waals surface area contributed by atoms with Crippen molar-refractivity contribution in [3.63, 3.8) is 0 Å². The van der Waals surface area contributed by atoms with Crippen molar-refractivity contribution in [3.05, 3.63) is 71.3 Å². The number of hydrogen-bond donors (Lipinski definition) is 1. The number of ether oxygens (including phenoxy) is 2. The number of carboxylic acid groups (broad SMARTS) is 1. The van der Waals surface area contributed by atoms with Crippen LogP contribution >= 0.6 is 0 Å². The lowest BCUT2D eigenvalue weighted by Crippen LogP contribution is -2.28. The number of hydrogen-bond acceptors (Lipinski definition) is 5. The third-order valence-corrected chi connectivity index (χ3v) is 7.20. The van der Waals surface area contributed by atoms with Crippen LogP contribution in [0.2, 0.25) is 0 Å². The minimum Gasteiger partial charge on any atom is -0.487 e. The zero-order valence-corrected chi connectivity index (χ0v) is 21.6. The number of carbonyl (C=O) groups is 1. The molecule has 0 amide bonds. The van der Waals surface area contributed by atoms with Crippen molar-refractivity contribution in [2.75, 3.05) is 0 Å². The van der Waals surface area contributed by atoms with Gasteiger partial charge >= 0.3 is 12.3 Å². The van der Waals surface area contributed by atoms with Crippen LogP contribution in [0.1, 0.15) is 54.2 Å².